The number of carbonyl (C=O) groups is 1. The topological polar surface area (TPSA) is 94.4 Å². The van der Waals surface area contributed by atoms with E-state index in [0.717, 1.165) is 15.2 Å². The highest BCUT2D eigenvalue weighted by molar-refractivity contribution is 7.18. The molecular weight excluding hydrogens is 342 g/mol. The quantitative estimate of drug-likeness (QED) is 0.538. The second-order valence-corrected chi connectivity index (χ2v) is 6.25. The molecular formula is C17H15N3O4S. The first kappa shape index (κ1) is 16.8. The Morgan fingerprint density at radius 1 is 1.32 bits per heavy atom. The van der Waals surface area contributed by atoms with Gasteiger partial charge in [0, 0.05) is 11.6 Å². The van der Waals surface area contributed by atoms with Gasteiger partial charge >= 0.3 is 5.69 Å². The number of thiazole rings is 1. The summed E-state index contributed by atoms with van der Waals surface area (Å²) >= 11 is 1.50. The third-order valence-corrected chi connectivity index (χ3v) is 4.49. The second-order valence-electron chi connectivity index (χ2n) is 5.13. The zero-order chi connectivity index (χ0) is 17.8. The van der Waals surface area contributed by atoms with Gasteiger partial charge in [-0.2, -0.15) is 0 Å². The first-order valence-electron chi connectivity index (χ1n) is 7.62. The third-order valence-electron chi connectivity index (χ3n) is 3.46. The van der Waals surface area contributed by atoms with Gasteiger partial charge in [0.2, 0.25) is 0 Å². The predicted octanol–water partition coefficient (Wildman–Crippen LogP) is 3.53. The number of hydrogen-bond donors (Lipinski definition) is 1. The Balaban J connectivity index is 1.74. The summed E-state index contributed by atoms with van der Waals surface area (Å²) in [4.78, 5) is 27.3. The smallest absolute Gasteiger partial charge is 0.311 e. The monoisotopic (exact) mass is 357 g/mol. The fourth-order valence-electron chi connectivity index (χ4n) is 2.33. The molecule has 0 spiro atoms. The van der Waals surface area contributed by atoms with Crippen LogP contribution in [0.4, 0.5) is 5.69 Å². The van der Waals surface area contributed by atoms with Gasteiger partial charge in [-0.1, -0.05) is 12.1 Å². The van der Waals surface area contributed by atoms with Crippen LogP contribution in [-0.2, 0) is 6.54 Å². The minimum absolute atomic E-state index is 0.148. The Labute approximate surface area is 147 Å². The molecule has 7 nitrogen and oxygen atoms in total. The maximum Gasteiger partial charge on any atom is 0.311 e. The number of aromatic nitrogens is 1. The van der Waals surface area contributed by atoms with E-state index in [1.165, 1.54) is 29.5 Å². The molecule has 0 aliphatic carbocycles. The van der Waals surface area contributed by atoms with E-state index in [9.17, 15) is 14.9 Å². The van der Waals surface area contributed by atoms with E-state index >= 15 is 0 Å². The van der Waals surface area contributed by atoms with Crippen LogP contribution in [0.5, 0.6) is 5.75 Å². The molecule has 0 unspecified atom stereocenters. The van der Waals surface area contributed by atoms with E-state index in [1.54, 1.807) is 6.92 Å². The van der Waals surface area contributed by atoms with Gasteiger partial charge in [0.1, 0.15) is 5.01 Å². The molecule has 128 valence electrons. The van der Waals surface area contributed by atoms with Gasteiger partial charge in [-0.15, -0.1) is 11.3 Å². The lowest BCUT2D eigenvalue weighted by molar-refractivity contribution is -0.385. The van der Waals surface area contributed by atoms with E-state index < -0.39 is 10.8 Å². The predicted molar refractivity (Wildman–Crippen MR) is 95.1 cm³/mol. The van der Waals surface area contributed by atoms with Gasteiger partial charge in [0.05, 0.1) is 28.3 Å². The molecule has 3 aromatic rings. The molecule has 0 saturated heterocycles. The summed E-state index contributed by atoms with van der Waals surface area (Å²) in [5.74, 6) is -0.249. The van der Waals surface area contributed by atoms with Crippen LogP contribution in [-0.4, -0.2) is 22.4 Å². The number of nitro groups is 1. The molecule has 25 heavy (non-hydrogen) atoms. The van der Waals surface area contributed by atoms with E-state index in [2.05, 4.69) is 10.3 Å². The number of amides is 1. The number of benzene rings is 2. The van der Waals surface area contributed by atoms with Crippen LogP contribution < -0.4 is 10.1 Å². The molecule has 0 bridgehead atoms. The van der Waals surface area contributed by atoms with Crippen LogP contribution in [0.3, 0.4) is 0 Å². The number of ether oxygens (including phenoxy) is 1. The Hall–Kier alpha value is -3.00. The van der Waals surface area contributed by atoms with Crippen molar-refractivity contribution in [1.29, 1.82) is 0 Å². The number of nitro benzene ring substituents is 1. The number of carbonyl (C=O) groups excluding carboxylic acids is 1. The van der Waals surface area contributed by atoms with Crippen LogP contribution in [0, 0.1) is 10.1 Å². The molecule has 1 amide bonds. The van der Waals surface area contributed by atoms with Crippen molar-refractivity contribution in [3.8, 4) is 5.75 Å². The van der Waals surface area contributed by atoms with Crippen molar-refractivity contribution in [2.24, 2.45) is 0 Å². The fraction of sp³-hybridized carbons (Fsp3) is 0.176. The summed E-state index contributed by atoms with van der Waals surface area (Å²) in [7, 11) is 0. The van der Waals surface area contributed by atoms with Gasteiger partial charge in [0.15, 0.2) is 5.75 Å². The molecule has 2 aromatic carbocycles. The maximum absolute atomic E-state index is 12.3. The lowest BCUT2D eigenvalue weighted by atomic mass is 10.1. The van der Waals surface area contributed by atoms with Crippen LogP contribution in [0.15, 0.2) is 42.5 Å². The molecule has 1 heterocycles. The number of rotatable bonds is 6. The summed E-state index contributed by atoms with van der Waals surface area (Å²) < 4.78 is 6.26. The molecule has 8 heteroatoms. The lowest BCUT2D eigenvalue weighted by Crippen LogP contribution is -2.22. The average Bonchev–Trinajstić information content (AvgIpc) is 3.03. The first-order chi connectivity index (χ1) is 12.1. The highest BCUT2D eigenvalue weighted by Gasteiger charge is 2.18. The fourth-order valence-corrected chi connectivity index (χ4v) is 3.24. The summed E-state index contributed by atoms with van der Waals surface area (Å²) in [6.45, 7) is 2.31. The third kappa shape index (κ3) is 3.74. The van der Waals surface area contributed by atoms with Crippen LogP contribution in [0.1, 0.15) is 22.3 Å². The maximum atomic E-state index is 12.3. The Morgan fingerprint density at radius 2 is 2.12 bits per heavy atom. The van der Waals surface area contributed by atoms with Gasteiger partial charge < -0.3 is 10.1 Å². The minimum atomic E-state index is -0.560. The Bertz CT molecular complexity index is 906. The zero-order valence-electron chi connectivity index (χ0n) is 13.4. The molecule has 0 fully saturated rings. The standard InChI is InChI=1S/C17H15N3O4S/c1-2-24-14-8-7-11(9-13(14)20(22)23)17(21)18-10-16-19-12-5-3-4-6-15(12)25-16/h3-9H,2,10H2,1H3,(H,18,21). The number of nitrogens with zero attached hydrogens (tertiary/aromatic N) is 2. The molecule has 0 aliphatic heterocycles. The highest BCUT2D eigenvalue weighted by atomic mass is 32.1. The largest absolute Gasteiger partial charge is 0.487 e. The van der Waals surface area contributed by atoms with Crippen LogP contribution >= 0.6 is 11.3 Å². The average molecular weight is 357 g/mol. The Morgan fingerprint density at radius 3 is 2.84 bits per heavy atom. The Kier molecular flexibility index (Phi) is 4.90. The van der Waals surface area contributed by atoms with Crippen molar-refractivity contribution in [2.45, 2.75) is 13.5 Å². The van der Waals surface area contributed by atoms with Crippen LogP contribution in [0.25, 0.3) is 10.2 Å². The number of hydrogen-bond acceptors (Lipinski definition) is 6. The number of para-hydroxylation sites is 1. The van der Waals surface area contributed by atoms with Crippen molar-refractivity contribution in [2.75, 3.05) is 6.61 Å². The number of fused-ring (bicyclic) bond motifs is 1. The summed E-state index contributed by atoms with van der Waals surface area (Å²) in [5, 5.41) is 14.6. The van der Waals surface area contributed by atoms with Crippen molar-refractivity contribution < 1.29 is 14.5 Å². The summed E-state index contributed by atoms with van der Waals surface area (Å²) in [5.41, 5.74) is 0.860. The molecule has 1 aromatic heterocycles. The van der Waals surface area contributed by atoms with Gasteiger partial charge in [0.25, 0.3) is 5.91 Å². The van der Waals surface area contributed by atoms with Gasteiger partial charge in [-0.25, -0.2) is 4.98 Å². The van der Waals surface area contributed by atoms with Crippen molar-refractivity contribution in [1.82, 2.24) is 10.3 Å². The molecule has 0 aliphatic rings. The van der Waals surface area contributed by atoms with Crippen LogP contribution in [0.2, 0.25) is 0 Å². The molecule has 3 rings (SSSR count). The van der Waals surface area contributed by atoms with Crippen molar-refractivity contribution in [3.05, 3.63) is 63.1 Å². The van der Waals surface area contributed by atoms with E-state index in [4.69, 9.17) is 4.74 Å². The molecule has 0 atom stereocenters. The highest BCUT2D eigenvalue weighted by Crippen LogP contribution is 2.28. The minimum Gasteiger partial charge on any atom is -0.487 e. The lowest BCUT2D eigenvalue weighted by Gasteiger charge is -2.07. The molecule has 0 saturated carbocycles. The number of nitrogens with one attached hydrogen (secondary N) is 1. The normalized spacial score (nSPS) is 10.6. The van der Waals surface area contributed by atoms with Crippen molar-refractivity contribution >= 4 is 33.1 Å². The van der Waals surface area contributed by atoms with E-state index in [0.29, 0.717) is 6.61 Å². The second kappa shape index (κ2) is 7.27. The van der Waals surface area contributed by atoms with Gasteiger partial charge in [-0.3, -0.25) is 14.9 Å². The molecule has 0 radical (unpaired) electrons. The molecule has 1 N–H and O–H groups in total. The zero-order valence-corrected chi connectivity index (χ0v) is 14.2. The summed E-state index contributed by atoms with van der Waals surface area (Å²) in [6.07, 6.45) is 0. The SMILES string of the molecule is CCOc1ccc(C(=O)NCc2nc3ccccc3s2)cc1[N+](=O)[O-]. The van der Waals surface area contributed by atoms with E-state index in [1.807, 2.05) is 24.3 Å². The first-order valence-corrected chi connectivity index (χ1v) is 8.44. The van der Waals surface area contributed by atoms with Crippen molar-refractivity contribution in [3.63, 3.8) is 0 Å². The van der Waals surface area contributed by atoms with Gasteiger partial charge in [-0.05, 0) is 31.2 Å². The summed E-state index contributed by atoms with van der Waals surface area (Å²) in [6, 6.07) is 11.9. The van der Waals surface area contributed by atoms with E-state index in [-0.39, 0.29) is 23.5 Å².